The summed E-state index contributed by atoms with van der Waals surface area (Å²) in [4.78, 5) is 0. The molecule has 21 heavy (non-hydrogen) atoms. The summed E-state index contributed by atoms with van der Waals surface area (Å²) >= 11 is 0. The SMILES string of the molecule is CCC1(Cn2nnnc2-c2cc(N)ccc2C)CCCC1. The first-order valence-corrected chi connectivity index (χ1v) is 7.76. The number of rotatable bonds is 4. The lowest BCUT2D eigenvalue weighted by Gasteiger charge is -2.27. The van der Waals surface area contributed by atoms with Crippen LogP contribution < -0.4 is 5.73 Å². The molecular formula is C16H23N5. The molecule has 5 nitrogen and oxygen atoms in total. The molecule has 1 heterocycles. The molecule has 2 aromatic rings. The molecule has 0 spiro atoms. The first kappa shape index (κ1) is 14.0. The summed E-state index contributed by atoms with van der Waals surface area (Å²) in [6.45, 7) is 5.25. The van der Waals surface area contributed by atoms with Crippen LogP contribution in [0.5, 0.6) is 0 Å². The van der Waals surface area contributed by atoms with E-state index < -0.39 is 0 Å². The van der Waals surface area contributed by atoms with Gasteiger partial charge in [0.05, 0.1) is 6.54 Å². The quantitative estimate of drug-likeness (QED) is 0.876. The molecule has 0 bridgehead atoms. The molecule has 1 aliphatic carbocycles. The summed E-state index contributed by atoms with van der Waals surface area (Å²) in [5.41, 5.74) is 9.21. The van der Waals surface area contributed by atoms with E-state index in [1.165, 1.54) is 32.1 Å². The van der Waals surface area contributed by atoms with E-state index >= 15 is 0 Å². The van der Waals surface area contributed by atoms with E-state index in [2.05, 4.69) is 29.4 Å². The van der Waals surface area contributed by atoms with Crippen LogP contribution in [0, 0.1) is 12.3 Å². The lowest BCUT2D eigenvalue weighted by Crippen LogP contribution is -2.24. The maximum absolute atomic E-state index is 5.92. The van der Waals surface area contributed by atoms with E-state index in [1.54, 1.807) is 0 Å². The fourth-order valence-corrected chi connectivity index (χ4v) is 3.45. The number of hydrogen-bond acceptors (Lipinski definition) is 4. The predicted molar refractivity (Wildman–Crippen MR) is 83.6 cm³/mol. The second kappa shape index (κ2) is 5.47. The van der Waals surface area contributed by atoms with Crippen LogP contribution in [0.25, 0.3) is 11.4 Å². The van der Waals surface area contributed by atoms with Crippen molar-refractivity contribution >= 4 is 5.69 Å². The van der Waals surface area contributed by atoms with Crippen LogP contribution in [0.4, 0.5) is 5.69 Å². The van der Waals surface area contributed by atoms with Crippen molar-refractivity contribution in [3.05, 3.63) is 23.8 Å². The first-order chi connectivity index (χ1) is 10.1. The van der Waals surface area contributed by atoms with Gasteiger partial charge in [0.1, 0.15) is 0 Å². The Labute approximate surface area is 125 Å². The molecule has 2 N–H and O–H groups in total. The number of nitrogen functional groups attached to an aromatic ring is 1. The Bertz CT molecular complexity index is 625. The average molecular weight is 285 g/mol. The second-order valence-electron chi connectivity index (χ2n) is 6.30. The summed E-state index contributed by atoms with van der Waals surface area (Å²) in [5.74, 6) is 0.833. The second-order valence-corrected chi connectivity index (χ2v) is 6.30. The zero-order valence-electron chi connectivity index (χ0n) is 12.8. The zero-order chi connectivity index (χ0) is 14.9. The van der Waals surface area contributed by atoms with Crippen molar-refractivity contribution in [2.75, 3.05) is 5.73 Å². The largest absolute Gasteiger partial charge is 0.399 e. The Morgan fingerprint density at radius 2 is 2.05 bits per heavy atom. The maximum Gasteiger partial charge on any atom is 0.182 e. The van der Waals surface area contributed by atoms with Gasteiger partial charge in [0.2, 0.25) is 0 Å². The molecular weight excluding hydrogens is 262 g/mol. The van der Waals surface area contributed by atoms with Gasteiger partial charge in [-0.2, -0.15) is 0 Å². The first-order valence-electron chi connectivity index (χ1n) is 7.76. The molecule has 1 fully saturated rings. The standard InChI is InChI=1S/C16H23N5/c1-3-16(8-4-5-9-16)11-21-15(18-19-20-21)14-10-13(17)7-6-12(14)2/h6-7,10H,3-5,8-9,11,17H2,1-2H3. The van der Waals surface area contributed by atoms with Crippen molar-refractivity contribution in [1.29, 1.82) is 0 Å². The van der Waals surface area contributed by atoms with E-state index in [0.717, 1.165) is 29.2 Å². The highest BCUT2D eigenvalue weighted by Crippen LogP contribution is 2.42. The van der Waals surface area contributed by atoms with Crippen LogP contribution in [0.3, 0.4) is 0 Å². The third kappa shape index (κ3) is 2.64. The highest BCUT2D eigenvalue weighted by atomic mass is 15.5. The fraction of sp³-hybridized carbons (Fsp3) is 0.562. The summed E-state index contributed by atoms with van der Waals surface area (Å²) in [7, 11) is 0. The third-order valence-corrected chi connectivity index (χ3v) is 4.93. The fourth-order valence-electron chi connectivity index (χ4n) is 3.45. The number of anilines is 1. The van der Waals surface area contributed by atoms with Gasteiger partial charge in [0, 0.05) is 11.3 Å². The van der Waals surface area contributed by atoms with Gasteiger partial charge in [-0.05, 0) is 59.7 Å². The molecule has 0 saturated heterocycles. The predicted octanol–water partition coefficient (Wildman–Crippen LogP) is 3.20. The molecule has 0 atom stereocenters. The number of nitrogens with two attached hydrogens (primary N) is 1. The smallest absolute Gasteiger partial charge is 0.182 e. The van der Waals surface area contributed by atoms with Crippen LogP contribution in [-0.2, 0) is 6.54 Å². The van der Waals surface area contributed by atoms with Crippen molar-refractivity contribution in [2.45, 2.75) is 52.5 Å². The van der Waals surface area contributed by atoms with E-state index in [9.17, 15) is 0 Å². The third-order valence-electron chi connectivity index (χ3n) is 4.93. The monoisotopic (exact) mass is 285 g/mol. The molecule has 1 saturated carbocycles. The van der Waals surface area contributed by atoms with E-state index in [4.69, 9.17) is 5.73 Å². The van der Waals surface area contributed by atoms with Crippen molar-refractivity contribution in [3.63, 3.8) is 0 Å². The van der Waals surface area contributed by atoms with Crippen LogP contribution in [0.2, 0.25) is 0 Å². The van der Waals surface area contributed by atoms with Crippen LogP contribution in [0.1, 0.15) is 44.6 Å². The number of aromatic nitrogens is 4. The highest BCUT2D eigenvalue weighted by molar-refractivity contribution is 5.65. The number of tetrazole rings is 1. The summed E-state index contributed by atoms with van der Waals surface area (Å²) in [6.07, 6.45) is 6.38. The molecule has 0 unspecified atom stereocenters. The van der Waals surface area contributed by atoms with Crippen molar-refractivity contribution in [2.24, 2.45) is 5.41 Å². The van der Waals surface area contributed by atoms with E-state index in [1.807, 2.05) is 22.9 Å². The number of hydrogen-bond donors (Lipinski definition) is 1. The molecule has 5 heteroatoms. The van der Waals surface area contributed by atoms with E-state index in [-0.39, 0.29) is 0 Å². The topological polar surface area (TPSA) is 69.6 Å². The zero-order valence-corrected chi connectivity index (χ0v) is 12.8. The van der Waals surface area contributed by atoms with Gasteiger partial charge in [-0.1, -0.05) is 25.8 Å². The minimum absolute atomic E-state index is 0.359. The molecule has 1 aliphatic rings. The molecule has 1 aromatic heterocycles. The molecule has 112 valence electrons. The number of benzene rings is 1. The Morgan fingerprint density at radius 1 is 1.29 bits per heavy atom. The van der Waals surface area contributed by atoms with Gasteiger partial charge in [0.15, 0.2) is 5.82 Å². The van der Waals surface area contributed by atoms with Gasteiger partial charge in [-0.15, -0.1) is 5.10 Å². The van der Waals surface area contributed by atoms with Gasteiger partial charge >= 0.3 is 0 Å². The highest BCUT2D eigenvalue weighted by Gasteiger charge is 2.33. The van der Waals surface area contributed by atoms with Crippen LogP contribution in [0.15, 0.2) is 18.2 Å². The molecule has 0 radical (unpaired) electrons. The molecule has 0 aliphatic heterocycles. The normalized spacial score (nSPS) is 17.2. The Balaban J connectivity index is 1.96. The van der Waals surface area contributed by atoms with E-state index in [0.29, 0.717) is 5.41 Å². The number of nitrogens with zero attached hydrogens (tertiary/aromatic N) is 4. The van der Waals surface area contributed by atoms with Crippen molar-refractivity contribution in [3.8, 4) is 11.4 Å². The lowest BCUT2D eigenvalue weighted by atomic mass is 9.83. The van der Waals surface area contributed by atoms with Crippen molar-refractivity contribution in [1.82, 2.24) is 20.2 Å². The van der Waals surface area contributed by atoms with Gasteiger partial charge in [-0.3, -0.25) is 0 Å². The summed E-state index contributed by atoms with van der Waals surface area (Å²) in [5, 5.41) is 12.4. The molecule has 3 rings (SSSR count). The van der Waals surface area contributed by atoms with Gasteiger partial charge < -0.3 is 5.73 Å². The Morgan fingerprint density at radius 3 is 2.76 bits per heavy atom. The van der Waals surface area contributed by atoms with Gasteiger partial charge in [-0.25, -0.2) is 4.68 Å². The van der Waals surface area contributed by atoms with Crippen LogP contribution in [-0.4, -0.2) is 20.2 Å². The average Bonchev–Trinajstić information content (AvgIpc) is 3.12. The van der Waals surface area contributed by atoms with Crippen LogP contribution >= 0.6 is 0 Å². The number of aryl methyl sites for hydroxylation is 1. The minimum atomic E-state index is 0.359. The van der Waals surface area contributed by atoms with Gasteiger partial charge in [0.25, 0.3) is 0 Å². The Hall–Kier alpha value is -1.91. The minimum Gasteiger partial charge on any atom is -0.399 e. The maximum atomic E-state index is 5.92. The molecule has 1 aromatic carbocycles. The molecule has 0 amide bonds. The van der Waals surface area contributed by atoms with Crippen molar-refractivity contribution < 1.29 is 0 Å². The lowest BCUT2D eigenvalue weighted by molar-refractivity contribution is 0.226. The Kier molecular flexibility index (Phi) is 3.66. The summed E-state index contributed by atoms with van der Waals surface area (Å²) in [6, 6.07) is 5.90. The summed E-state index contributed by atoms with van der Waals surface area (Å²) < 4.78 is 1.97.